The summed E-state index contributed by atoms with van der Waals surface area (Å²) in [5.74, 6) is 0.760. The van der Waals surface area contributed by atoms with E-state index in [1.807, 2.05) is 6.07 Å². The summed E-state index contributed by atoms with van der Waals surface area (Å²) >= 11 is 0. The second-order valence-corrected chi connectivity index (χ2v) is 4.77. The first-order chi connectivity index (χ1) is 10.6. The molecular formula is C15H14N2O5. The van der Waals surface area contributed by atoms with Crippen molar-refractivity contribution < 1.29 is 19.0 Å². The molecule has 2 aromatic rings. The fraction of sp³-hybridized carbons (Fsp3) is 0.267. The zero-order valence-corrected chi connectivity index (χ0v) is 12.1. The zero-order chi connectivity index (χ0) is 15.7. The molecule has 0 aliphatic carbocycles. The molecule has 22 heavy (non-hydrogen) atoms. The molecule has 0 radical (unpaired) electrons. The van der Waals surface area contributed by atoms with Gasteiger partial charge >= 0.3 is 5.97 Å². The highest BCUT2D eigenvalue weighted by atomic mass is 16.7. The van der Waals surface area contributed by atoms with Crippen LogP contribution in [0.25, 0.3) is 11.3 Å². The summed E-state index contributed by atoms with van der Waals surface area (Å²) in [6, 6.07) is 7.53. The normalized spacial score (nSPS) is 13.7. The van der Waals surface area contributed by atoms with Crippen LogP contribution in [0.4, 0.5) is 0 Å². The maximum atomic E-state index is 11.9. The SMILES string of the molecule is COC(=O)[C@H](C)n1nc(-c2ccc3c(c2)OCO3)ccc1=O. The summed E-state index contributed by atoms with van der Waals surface area (Å²) in [4.78, 5) is 23.5. The largest absolute Gasteiger partial charge is 0.467 e. The van der Waals surface area contributed by atoms with Crippen LogP contribution >= 0.6 is 0 Å². The standard InChI is InChI=1S/C15H14N2O5/c1-9(15(19)20-2)17-14(18)6-4-11(16-17)10-3-5-12-13(7-10)22-8-21-12/h3-7,9H,8H2,1-2H3/t9-/m0/s1. The molecule has 3 rings (SSSR count). The molecule has 0 spiro atoms. The van der Waals surface area contributed by atoms with Gasteiger partial charge in [-0.2, -0.15) is 5.10 Å². The van der Waals surface area contributed by atoms with E-state index in [0.717, 1.165) is 10.2 Å². The molecule has 1 aliphatic heterocycles. The fourth-order valence-electron chi connectivity index (χ4n) is 2.18. The van der Waals surface area contributed by atoms with Crippen molar-refractivity contribution in [3.05, 3.63) is 40.7 Å². The molecule has 0 amide bonds. The van der Waals surface area contributed by atoms with E-state index >= 15 is 0 Å². The Morgan fingerprint density at radius 3 is 2.82 bits per heavy atom. The summed E-state index contributed by atoms with van der Waals surface area (Å²) in [6.45, 7) is 1.74. The number of hydrogen-bond donors (Lipinski definition) is 0. The summed E-state index contributed by atoms with van der Waals surface area (Å²) in [5, 5.41) is 4.24. The van der Waals surface area contributed by atoms with Gasteiger partial charge in [-0.05, 0) is 31.2 Å². The summed E-state index contributed by atoms with van der Waals surface area (Å²) < 4.78 is 16.3. The minimum absolute atomic E-state index is 0.186. The molecule has 7 heteroatoms. The predicted octanol–water partition coefficient (Wildman–Crippen LogP) is 1.37. The highest BCUT2D eigenvalue weighted by molar-refractivity contribution is 5.73. The van der Waals surface area contributed by atoms with E-state index in [1.165, 1.54) is 13.2 Å². The summed E-state index contributed by atoms with van der Waals surface area (Å²) in [5.41, 5.74) is 0.936. The van der Waals surface area contributed by atoms with Crippen LogP contribution in [0.2, 0.25) is 0 Å². The minimum atomic E-state index is -0.800. The Morgan fingerprint density at radius 1 is 1.27 bits per heavy atom. The second kappa shape index (κ2) is 5.51. The number of aromatic nitrogens is 2. The van der Waals surface area contributed by atoms with Crippen molar-refractivity contribution >= 4 is 5.97 Å². The third-order valence-electron chi connectivity index (χ3n) is 3.40. The molecular weight excluding hydrogens is 288 g/mol. The first kappa shape index (κ1) is 14.1. The molecule has 0 fully saturated rings. The van der Waals surface area contributed by atoms with Gasteiger partial charge in [0.15, 0.2) is 17.5 Å². The quantitative estimate of drug-likeness (QED) is 0.797. The van der Waals surface area contributed by atoms with Crippen molar-refractivity contribution in [2.45, 2.75) is 13.0 Å². The minimum Gasteiger partial charge on any atom is -0.467 e. The number of methoxy groups -OCH3 is 1. The van der Waals surface area contributed by atoms with Crippen molar-refractivity contribution in [1.82, 2.24) is 9.78 Å². The van der Waals surface area contributed by atoms with Gasteiger partial charge in [0.1, 0.15) is 0 Å². The van der Waals surface area contributed by atoms with Gasteiger partial charge in [-0.15, -0.1) is 0 Å². The lowest BCUT2D eigenvalue weighted by Gasteiger charge is -2.12. The van der Waals surface area contributed by atoms with Crippen LogP contribution in [0.5, 0.6) is 11.5 Å². The van der Waals surface area contributed by atoms with E-state index in [2.05, 4.69) is 9.84 Å². The molecule has 0 unspecified atom stereocenters. The number of rotatable bonds is 3. The second-order valence-electron chi connectivity index (χ2n) is 4.77. The average molecular weight is 302 g/mol. The molecule has 2 heterocycles. The molecule has 7 nitrogen and oxygen atoms in total. The molecule has 0 saturated carbocycles. The third-order valence-corrected chi connectivity index (χ3v) is 3.40. The van der Waals surface area contributed by atoms with Crippen LogP contribution < -0.4 is 15.0 Å². The third kappa shape index (κ3) is 2.41. The van der Waals surface area contributed by atoms with Crippen LogP contribution in [0, 0.1) is 0 Å². The van der Waals surface area contributed by atoms with Crippen molar-refractivity contribution in [2.75, 3.05) is 13.9 Å². The Balaban J connectivity index is 2.02. The number of carbonyl (C=O) groups excluding carboxylic acids is 1. The zero-order valence-electron chi connectivity index (χ0n) is 12.1. The topological polar surface area (TPSA) is 79.7 Å². The molecule has 114 valence electrons. The highest BCUT2D eigenvalue weighted by Gasteiger charge is 2.19. The van der Waals surface area contributed by atoms with Crippen LogP contribution in [-0.2, 0) is 9.53 Å². The Kier molecular flexibility index (Phi) is 3.54. The monoisotopic (exact) mass is 302 g/mol. The van der Waals surface area contributed by atoms with Crippen LogP contribution in [0.3, 0.4) is 0 Å². The molecule has 1 atom stereocenters. The molecule has 1 aromatic heterocycles. The first-order valence-corrected chi connectivity index (χ1v) is 6.68. The maximum absolute atomic E-state index is 11.9. The van der Waals surface area contributed by atoms with E-state index < -0.39 is 12.0 Å². The Morgan fingerprint density at radius 2 is 2.05 bits per heavy atom. The number of fused-ring (bicyclic) bond motifs is 1. The van der Waals surface area contributed by atoms with Gasteiger partial charge in [0, 0.05) is 11.6 Å². The van der Waals surface area contributed by atoms with Crippen molar-refractivity contribution in [3.8, 4) is 22.8 Å². The molecule has 0 saturated heterocycles. The maximum Gasteiger partial charge on any atom is 0.330 e. The van der Waals surface area contributed by atoms with Gasteiger partial charge in [-0.3, -0.25) is 4.79 Å². The highest BCUT2D eigenvalue weighted by Crippen LogP contribution is 2.35. The fourth-order valence-corrected chi connectivity index (χ4v) is 2.18. The number of esters is 1. The van der Waals surface area contributed by atoms with Gasteiger partial charge in [-0.25, -0.2) is 9.48 Å². The summed E-state index contributed by atoms with van der Waals surface area (Å²) in [7, 11) is 1.27. The van der Waals surface area contributed by atoms with Crippen molar-refractivity contribution in [3.63, 3.8) is 0 Å². The summed E-state index contributed by atoms with van der Waals surface area (Å²) in [6.07, 6.45) is 0. The van der Waals surface area contributed by atoms with E-state index in [1.54, 1.807) is 25.1 Å². The van der Waals surface area contributed by atoms with E-state index in [-0.39, 0.29) is 12.4 Å². The first-order valence-electron chi connectivity index (χ1n) is 6.68. The lowest BCUT2D eigenvalue weighted by Crippen LogP contribution is -2.30. The van der Waals surface area contributed by atoms with Gasteiger partial charge in [0.2, 0.25) is 6.79 Å². The molecule has 0 bridgehead atoms. The van der Waals surface area contributed by atoms with Crippen molar-refractivity contribution in [1.29, 1.82) is 0 Å². The predicted molar refractivity (Wildman–Crippen MR) is 76.8 cm³/mol. The van der Waals surface area contributed by atoms with Crippen LogP contribution in [-0.4, -0.2) is 29.7 Å². The van der Waals surface area contributed by atoms with E-state index in [4.69, 9.17) is 9.47 Å². The lowest BCUT2D eigenvalue weighted by molar-refractivity contribution is -0.144. The van der Waals surface area contributed by atoms with E-state index in [9.17, 15) is 9.59 Å². The molecule has 1 aromatic carbocycles. The lowest BCUT2D eigenvalue weighted by atomic mass is 10.1. The number of nitrogens with zero attached hydrogens (tertiary/aromatic N) is 2. The van der Waals surface area contributed by atoms with Gasteiger partial charge in [0.05, 0.1) is 12.8 Å². The number of ether oxygens (including phenoxy) is 3. The number of hydrogen-bond acceptors (Lipinski definition) is 6. The van der Waals surface area contributed by atoms with Gasteiger partial charge in [0.25, 0.3) is 5.56 Å². The van der Waals surface area contributed by atoms with Gasteiger partial charge in [-0.1, -0.05) is 0 Å². The average Bonchev–Trinajstić information content (AvgIpc) is 3.01. The Hall–Kier alpha value is -2.83. The van der Waals surface area contributed by atoms with Crippen LogP contribution in [0.1, 0.15) is 13.0 Å². The number of carbonyl (C=O) groups is 1. The van der Waals surface area contributed by atoms with Gasteiger partial charge < -0.3 is 14.2 Å². The number of benzene rings is 1. The van der Waals surface area contributed by atoms with E-state index in [0.29, 0.717) is 17.2 Å². The van der Waals surface area contributed by atoms with Crippen LogP contribution in [0.15, 0.2) is 35.1 Å². The molecule has 1 aliphatic rings. The Labute approximate surface area is 126 Å². The molecule has 0 N–H and O–H groups in total. The smallest absolute Gasteiger partial charge is 0.330 e. The van der Waals surface area contributed by atoms with Crippen molar-refractivity contribution in [2.24, 2.45) is 0 Å². The Bertz CT molecular complexity index is 784.